The van der Waals surface area contributed by atoms with Gasteiger partial charge in [0, 0.05) is 31.5 Å². The summed E-state index contributed by atoms with van der Waals surface area (Å²) in [6.07, 6.45) is 0.917. The number of carbonyl (C=O) groups excluding carboxylic acids is 1. The van der Waals surface area contributed by atoms with Gasteiger partial charge in [0.05, 0.1) is 6.61 Å². The highest BCUT2D eigenvalue weighted by Gasteiger charge is 2.16. The van der Waals surface area contributed by atoms with Crippen molar-refractivity contribution in [3.8, 4) is 0 Å². The van der Waals surface area contributed by atoms with Crippen LogP contribution in [0.4, 0.5) is 0 Å². The normalized spacial score (nSPS) is 11.0. The van der Waals surface area contributed by atoms with Crippen LogP contribution in [0.1, 0.15) is 22.5 Å². The summed E-state index contributed by atoms with van der Waals surface area (Å²) >= 11 is 5.94. The molecule has 21 heavy (non-hydrogen) atoms. The van der Waals surface area contributed by atoms with Gasteiger partial charge in [-0.05, 0) is 46.1 Å². The van der Waals surface area contributed by atoms with E-state index in [0.29, 0.717) is 30.4 Å². The number of aromatic nitrogens is 1. The number of hydrogen-bond acceptors (Lipinski definition) is 4. The van der Waals surface area contributed by atoms with Crippen LogP contribution in [0, 0.1) is 6.92 Å². The van der Waals surface area contributed by atoms with Crippen molar-refractivity contribution in [1.29, 1.82) is 0 Å². The van der Waals surface area contributed by atoms with Gasteiger partial charge in [-0.15, -0.1) is 0 Å². The predicted molar refractivity (Wildman–Crippen MR) is 84.9 cm³/mol. The minimum absolute atomic E-state index is 0.0294. The van der Waals surface area contributed by atoms with E-state index in [4.69, 9.17) is 16.3 Å². The smallest absolute Gasteiger partial charge is 0.254 e. The van der Waals surface area contributed by atoms with Crippen molar-refractivity contribution in [1.82, 2.24) is 14.8 Å². The van der Waals surface area contributed by atoms with Gasteiger partial charge in [-0.1, -0.05) is 11.6 Å². The van der Waals surface area contributed by atoms with Gasteiger partial charge in [0.15, 0.2) is 0 Å². The van der Waals surface area contributed by atoms with Gasteiger partial charge in [0.2, 0.25) is 0 Å². The van der Waals surface area contributed by atoms with Crippen LogP contribution >= 0.6 is 11.6 Å². The SMILES string of the molecule is COCCN(CCCN(C)C)C(=O)c1cc(C)nc(Cl)c1. The maximum absolute atomic E-state index is 12.6. The highest BCUT2D eigenvalue weighted by atomic mass is 35.5. The largest absolute Gasteiger partial charge is 0.383 e. The first kappa shape index (κ1) is 17.9. The molecule has 0 atom stereocenters. The van der Waals surface area contributed by atoms with E-state index in [-0.39, 0.29) is 5.91 Å². The standard InChI is InChI=1S/C15H24ClN3O2/c1-12-10-13(11-14(16)17-12)15(20)19(8-9-21-4)7-5-6-18(2)3/h10-11H,5-9H2,1-4H3. The van der Waals surface area contributed by atoms with Crippen molar-refractivity contribution in [3.05, 3.63) is 28.5 Å². The van der Waals surface area contributed by atoms with E-state index in [0.717, 1.165) is 18.7 Å². The summed E-state index contributed by atoms with van der Waals surface area (Å²) in [5, 5.41) is 0.346. The van der Waals surface area contributed by atoms with Crippen LogP contribution in [0.15, 0.2) is 12.1 Å². The number of aryl methyl sites for hydroxylation is 1. The van der Waals surface area contributed by atoms with E-state index in [1.807, 2.05) is 21.0 Å². The number of amides is 1. The summed E-state index contributed by atoms with van der Waals surface area (Å²) < 4.78 is 5.09. The molecule has 1 rings (SSSR count). The van der Waals surface area contributed by atoms with Crippen molar-refractivity contribution in [2.45, 2.75) is 13.3 Å². The van der Waals surface area contributed by atoms with Gasteiger partial charge in [0.25, 0.3) is 5.91 Å². The lowest BCUT2D eigenvalue weighted by Crippen LogP contribution is -2.36. The molecule has 1 heterocycles. The molecule has 0 spiro atoms. The molecule has 0 saturated heterocycles. The minimum atomic E-state index is -0.0294. The van der Waals surface area contributed by atoms with Gasteiger partial charge in [-0.3, -0.25) is 4.79 Å². The van der Waals surface area contributed by atoms with Crippen LogP contribution in [-0.4, -0.2) is 68.1 Å². The van der Waals surface area contributed by atoms with Gasteiger partial charge >= 0.3 is 0 Å². The Labute approximate surface area is 131 Å². The molecule has 0 radical (unpaired) electrons. The van der Waals surface area contributed by atoms with E-state index in [1.165, 1.54) is 0 Å². The summed E-state index contributed by atoms with van der Waals surface area (Å²) in [6.45, 7) is 4.55. The average molecular weight is 314 g/mol. The zero-order valence-corrected chi connectivity index (χ0v) is 14.0. The number of ether oxygens (including phenoxy) is 1. The van der Waals surface area contributed by atoms with Gasteiger partial charge < -0.3 is 14.5 Å². The molecule has 0 aromatic carbocycles. The third-order valence-electron chi connectivity index (χ3n) is 3.06. The van der Waals surface area contributed by atoms with Crippen LogP contribution < -0.4 is 0 Å². The highest BCUT2D eigenvalue weighted by Crippen LogP contribution is 2.13. The minimum Gasteiger partial charge on any atom is -0.383 e. The molecule has 0 aliphatic heterocycles. The Morgan fingerprint density at radius 3 is 2.57 bits per heavy atom. The van der Waals surface area contributed by atoms with Crippen LogP contribution in [0.3, 0.4) is 0 Å². The van der Waals surface area contributed by atoms with E-state index in [1.54, 1.807) is 24.1 Å². The summed E-state index contributed by atoms with van der Waals surface area (Å²) in [6, 6.07) is 3.38. The molecule has 0 fully saturated rings. The molecule has 0 bridgehead atoms. The first-order chi connectivity index (χ1) is 9.93. The second kappa shape index (κ2) is 8.97. The van der Waals surface area contributed by atoms with Crippen LogP contribution in [-0.2, 0) is 4.74 Å². The molecular formula is C15H24ClN3O2. The molecule has 118 valence electrons. The molecule has 1 aromatic rings. The Hall–Kier alpha value is -1.17. The number of halogens is 1. The zero-order chi connectivity index (χ0) is 15.8. The fraction of sp³-hybridized carbons (Fsp3) is 0.600. The van der Waals surface area contributed by atoms with Crippen LogP contribution in [0.25, 0.3) is 0 Å². The zero-order valence-electron chi connectivity index (χ0n) is 13.2. The first-order valence-corrected chi connectivity index (χ1v) is 7.39. The van der Waals surface area contributed by atoms with E-state index < -0.39 is 0 Å². The number of methoxy groups -OCH3 is 1. The molecule has 5 nitrogen and oxygen atoms in total. The molecular weight excluding hydrogens is 290 g/mol. The first-order valence-electron chi connectivity index (χ1n) is 7.01. The molecule has 0 aliphatic carbocycles. The quantitative estimate of drug-likeness (QED) is 0.689. The van der Waals surface area contributed by atoms with E-state index >= 15 is 0 Å². The number of rotatable bonds is 8. The molecule has 1 aromatic heterocycles. The van der Waals surface area contributed by atoms with Crippen molar-refractivity contribution in [2.24, 2.45) is 0 Å². The van der Waals surface area contributed by atoms with Crippen molar-refractivity contribution >= 4 is 17.5 Å². The molecule has 0 aliphatic rings. The number of hydrogen-bond donors (Lipinski definition) is 0. The Balaban J connectivity index is 2.77. The van der Waals surface area contributed by atoms with Gasteiger partial charge in [-0.25, -0.2) is 4.98 Å². The summed E-state index contributed by atoms with van der Waals surface area (Å²) in [5.41, 5.74) is 1.32. The number of nitrogens with zero attached hydrogens (tertiary/aromatic N) is 3. The van der Waals surface area contributed by atoms with Gasteiger partial charge in [0.1, 0.15) is 5.15 Å². The maximum atomic E-state index is 12.6. The molecule has 0 N–H and O–H groups in total. The van der Waals surface area contributed by atoms with E-state index in [9.17, 15) is 4.79 Å². The number of carbonyl (C=O) groups is 1. The topological polar surface area (TPSA) is 45.7 Å². The molecule has 6 heteroatoms. The van der Waals surface area contributed by atoms with Gasteiger partial charge in [-0.2, -0.15) is 0 Å². The van der Waals surface area contributed by atoms with Crippen LogP contribution in [0.5, 0.6) is 0 Å². The fourth-order valence-electron chi connectivity index (χ4n) is 2.03. The average Bonchev–Trinajstić information content (AvgIpc) is 2.40. The fourth-order valence-corrected chi connectivity index (χ4v) is 2.28. The Morgan fingerprint density at radius 2 is 2.00 bits per heavy atom. The molecule has 0 saturated carbocycles. The second-order valence-electron chi connectivity index (χ2n) is 5.26. The number of pyridine rings is 1. The Morgan fingerprint density at radius 1 is 1.29 bits per heavy atom. The Kier molecular flexibility index (Phi) is 7.64. The molecule has 1 amide bonds. The molecule has 0 unspecified atom stereocenters. The predicted octanol–water partition coefficient (Wildman–Crippen LogP) is 2.08. The third-order valence-corrected chi connectivity index (χ3v) is 3.25. The maximum Gasteiger partial charge on any atom is 0.254 e. The highest BCUT2D eigenvalue weighted by molar-refractivity contribution is 6.29. The summed E-state index contributed by atoms with van der Waals surface area (Å²) in [4.78, 5) is 20.6. The van der Waals surface area contributed by atoms with E-state index in [2.05, 4.69) is 9.88 Å². The van der Waals surface area contributed by atoms with Crippen molar-refractivity contribution in [2.75, 3.05) is 47.4 Å². The summed E-state index contributed by atoms with van der Waals surface area (Å²) in [5.74, 6) is -0.0294. The van der Waals surface area contributed by atoms with Crippen LogP contribution in [0.2, 0.25) is 5.15 Å². The lowest BCUT2D eigenvalue weighted by atomic mass is 10.2. The third kappa shape index (κ3) is 6.42. The van der Waals surface area contributed by atoms with Crippen molar-refractivity contribution < 1.29 is 9.53 Å². The summed E-state index contributed by atoms with van der Waals surface area (Å²) in [7, 11) is 5.68. The monoisotopic (exact) mass is 313 g/mol. The lowest BCUT2D eigenvalue weighted by molar-refractivity contribution is 0.0689. The lowest BCUT2D eigenvalue weighted by Gasteiger charge is -2.23. The second-order valence-corrected chi connectivity index (χ2v) is 5.65. The van der Waals surface area contributed by atoms with Crippen molar-refractivity contribution in [3.63, 3.8) is 0 Å². The Bertz CT molecular complexity index is 446.